The molecule has 2 amide bonds. The number of nitrogens with one attached hydrogen (secondary N) is 1. The van der Waals surface area contributed by atoms with Gasteiger partial charge >= 0.3 is 6.09 Å². The van der Waals surface area contributed by atoms with Crippen molar-refractivity contribution in [3.05, 3.63) is 35.4 Å². The molecular weight excluding hydrogens is 328 g/mol. The maximum atomic E-state index is 12.4. The van der Waals surface area contributed by atoms with Gasteiger partial charge in [0.15, 0.2) is 0 Å². The molecule has 1 saturated heterocycles. The second-order valence-electron chi connectivity index (χ2n) is 8.51. The molecule has 0 bridgehead atoms. The predicted octanol–water partition coefficient (Wildman–Crippen LogP) is 4.17. The van der Waals surface area contributed by atoms with Crippen LogP contribution in [0.2, 0.25) is 0 Å². The van der Waals surface area contributed by atoms with Gasteiger partial charge in [-0.1, -0.05) is 31.2 Å². The van der Waals surface area contributed by atoms with Gasteiger partial charge in [-0.3, -0.25) is 4.79 Å². The van der Waals surface area contributed by atoms with Gasteiger partial charge in [0.25, 0.3) is 0 Å². The van der Waals surface area contributed by atoms with E-state index in [4.69, 9.17) is 4.74 Å². The number of nitrogens with zero attached hydrogens (tertiary/aromatic N) is 1. The number of fused-ring (bicyclic) bond motifs is 2. The first kappa shape index (κ1) is 18.7. The number of ether oxygens (including phenoxy) is 1. The van der Waals surface area contributed by atoms with Crippen LogP contribution in [-0.2, 0) is 14.9 Å². The van der Waals surface area contributed by atoms with Crippen molar-refractivity contribution in [1.82, 2.24) is 10.2 Å². The summed E-state index contributed by atoms with van der Waals surface area (Å²) in [6, 6.07) is 8.51. The van der Waals surface area contributed by atoms with E-state index < -0.39 is 5.60 Å². The Balaban J connectivity index is 0.00000261. The Morgan fingerprint density at radius 3 is 2.54 bits per heavy atom. The van der Waals surface area contributed by atoms with E-state index in [-0.39, 0.29) is 24.9 Å². The molecule has 2 aliphatic rings. The molecule has 1 aromatic carbocycles. The molecule has 5 heteroatoms. The van der Waals surface area contributed by atoms with Crippen LogP contribution >= 0.6 is 0 Å². The predicted molar refractivity (Wildman–Crippen MR) is 103 cm³/mol. The highest BCUT2D eigenvalue weighted by atomic mass is 16.6. The Hall–Kier alpha value is -2.04. The summed E-state index contributed by atoms with van der Waals surface area (Å²) in [5.74, 6) is 0.0908. The van der Waals surface area contributed by atoms with Gasteiger partial charge in [0.2, 0.25) is 5.91 Å². The molecular formula is C21H32N2O3. The number of hydrogen-bond acceptors (Lipinski definition) is 3. The van der Waals surface area contributed by atoms with Gasteiger partial charge in [0.05, 0.1) is 6.04 Å². The second-order valence-corrected chi connectivity index (χ2v) is 8.51. The van der Waals surface area contributed by atoms with Crippen LogP contribution in [0, 0.1) is 0 Å². The number of amides is 2. The molecule has 0 aromatic heterocycles. The first-order valence-corrected chi connectivity index (χ1v) is 9.61. The molecule has 26 heavy (non-hydrogen) atoms. The zero-order valence-electron chi connectivity index (χ0n) is 16.3. The van der Waals surface area contributed by atoms with Crippen LogP contribution in [0.3, 0.4) is 0 Å². The van der Waals surface area contributed by atoms with Gasteiger partial charge in [0.1, 0.15) is 5.60 Å². The summed E-state index contributed by atoms with van der Waals surface area (Å²) in [7, 11) is 0. The molecule has 1 spiro atoms. The SMILES string of the molecule is CCC(=O)N[C@H]1CC2(CCN(C(=O)OC(C)(C)C)CC2)c2ccccc21.[HH]. The van der Waals surface area contributed by atoms with Crippen LogP contribution < -0.4 is 5.32 Å². The van der Waals surface area contributed by atoms with Crippen molar-refractivity contribution in [2.45, 2.75) is 70.4 Å². The molecule has 1 heterocycles. The Labute approximate surface area is 157 Å². The quantitative estimate of drug-likeness (QED) is 0.861. The van der Waals surface area contributed by atoms with Gasteiger partial charge < -0.3 is 15.0 Å². The van der Waals surface area contributed by atoms with E-state index in [9.17, 15) is 9.59 Å². The van der Waals surface area contributed by atoms with E-state index in [1.807, 2.05) is 38.7 Å². The molecule has 5 nitrogen and oxygen atoms in total. The lowest BCUT2D eigenvalue weighted by atomic mass is 9.73. The summed E-state index contributed by atoms with van der Waals surface area (Å²) in [4.78, 5) is 26.1. The zero-order chi connectivity index (χ0) is 18.9. The summed E-state index contributed by atoms with van der Waals surface area (Å²) >= 11 is 0. The topological polar surface area (TPSA) is 58.6 Å². The smallest absolute Gasteiger partial charge is 0.410 e. The van der Waals surface area contributed by atoms with Crippen molar-refractivity contribution in [2.24, 2.45) is 0 Å². The van der Waals surface area contributed by atoms with Crippen LogP contribution in [-0.4, -0.2) is 35.6 Å². The van der Waals surface area contributed by atoms with Crippen LogP contribution in [0.15, 0.2) is 24.3 Å². The number of hydrogen-bond donors (Lipinski definition) is 1. The molecule has 1 atom stereocenters. The van der Waals surface area contributed by atoms with Gasteiger partial charge in [-0.05, 0) is 51.2 Å². The highest BCUT2D eigenvalue weighted by Crippen LogP contribution is 2.50. The Kier molecular flexibility index (Phi) is 5.00. The summed E-state index contributed by atoms with van der Waals surface area (Å²) in [5, 5.41) is 3.18. The molecule has 0 saturated carbocycles. The lowest BCUT2D eigenvalue weighted by Gasteiger charge is -2.40. The van der Waals surface area contributed by atoms with E-state index in [1.54, 1.807) is 0 Å². The molecule has 1 aliphatic heterocycles. The fourth-order valence-electron chi connectivity index (χ4n) is 4.24. The number of carbonyl (C=O) groups is 2. The minimum atomic E-state index is -0.471. The Morgan fingerprint density at radius 1 is 1.27 bits per heavy atom. The number of piperidine rings is 1. The first-order valence-electron chi connectivity index (χ1n) is 9.61. The summed E-state index contributed by atoms with van der Waals surface area (Å²) in [5.41, 5.74) is 2.15. The Morgan fingerprint density at radius 2 is 1.92 bits per heavy atom. The maximum absolute atomic E-state index is 12.4. The van der Waals surface area contributed by atoms with Crippen LogP contribution in [0.1, 0.15) is 72.0 Å². The van der Waals surface area contributed by atoms with Gasteiger partial charge in [-0.2, -0.15) is 0 Å². The summed E-state index contributed by atoms with van der Waals surface area (Å²) in [6.45, 7) is 8.94. The van der Waals surface area contributed by atoms with Crippen LogP contribution in [0.25, 0.3) is 0 Å². The molecule has 144 valence electrons. The van der Waals surface area contributed by atoms with Crippen molar-refractivity contribution in [1.29, 1.82) is 0 Å². The number of carbonyl (C=O) groups excluding carboxylic acids is 2. The minimum absolute atomic E-state index is 0. The number of benzene rings is 1. The summed E-state index contributed by atoms with van der Waals surface area (Å²) < 4.78 is 5.52. The van der Waals surface area contributed by atoms with Crippen molar-refractivity contribution in [2.75, 3.05) is 13.1 Å². The fraction of sp³-hybridized carbons (Fsp3) is 0.619. The molecule has 0 unspecified atom stereocenters. The number of likely N-dealkylation sites (tertiary alicyclic amines) is 1. The molecule has 0 radical (unpaired) electrons. The van der Waals surface area contributed by atoms with Crippen molar-refractivity contribution in [3.63, 3.8) is 0 Å². The van der Waals surface area contributed by atoms with E-state index in [1.165, 1.54) is 11.1 Å². The molecule has 1 aliphatic carbocycles. The lowest BCUT2D eigenvalue weighted by Crippen LogP contribution is -2.46. The van der Waals surface area contributed by atoms with Gasteiger partial charge in [0, 0.05) is 26.4 Å². The van der Waals surface area contributed by atoms with E-state index >= 15 is 0 Å². The number of rotatable bonds is 2. The van der Waals surface area contributed by atoms with Crippen LogP contribution in [0.5, 0.6) is 0 Å². The average Bonchev–Trinajstić information content (AvgIpc) is 2.88. The average molecular weight is 360 g/mol. The summed E-state index contributed by atoms with van der Waals surface area (Å²) in [6.07, 6.45) is 3.00. The third-order valence-corrected chi connectivity index (χ3v) is 5.53. The third kappa shape index (κ3) is 3.71. The fourth-order valence-corrected chi connectivity index (χ4v) is 4.24. The van der Waals surface area contributed by atoms with Crippen molar-refractivity contribution in [3.8, 4) is 0 Å². The first-order chi connectivity index (χ1) is 12.2. The van der Waals surface area contributed by atoms with Gasteiger partial charge in [-0.15, -0.1) is 0 Å². The van der Waals surface area contributed by atoms with Crippen molar-refractivity contribution >= 4 is 12.0 Å². The standard InChI is InChI=1S/C21H30N2O3.H2/c1-5-18(24)22-17-14-21(16-9-7-6-8-15(16)17)10-12-23(13-11-21)19(25)26-20(2,3)4;/h6-9,17H,5,10-14H2,1-4H3,(H,22,24);1H/t17-;/m0./s1. The molecule has 1 fully saturated rings. The normalized spacial score (nSPS) is 21.4. The molecule has 3 rings (SSSR count). The lowest BCUT2D eigenvalue weighted by molar-refractivity contribution is -0.121. The minimum Gasteiger partial charge on any atom is -0.444 e. The van der Waals surface area contributed by atoms with E-state index in [0.717, 1.165) is 19.3 Å². The highest BCUT2D eigenvalue weighted by molar-refractivity contribution is 5.76. The third-order valence-electron chi connectivity index (χ3n) is 5.53. The van der Waals surface area contributed by atoms with E-state index in [2.05, 4.69) is 23.5 Å². The maximum Gasteiger partial charge on any atom is 0.410 e. The largest absolute Gasteiger partial charge is 0.444 e. The van der Waals surface area contributed by atoms with Crippen molar-refractivity contribution < 1.29 is 15.8 Å². The highest BCUT2D eigenvalue weighted by Gasteiger charge is 2.46. The Bertz CT molecular complexity index is 691. The van der Waals surface area contributed by atoms with E-state index in [0.29, 0.717) is 19.5 Å². The monoisotopic (exact) mass is 360 g/mol. The molecule has 1 N–H and O–H groups in total. The van der Waals surface area contributed by atoms with Gasteiger partial charge in [-0.25, -0.2) is 4.79 Å². The molecule has 1 aromatic rings. The zero-order valence-corrected chi connectivity index (χ0v) is 16.3. The van der Waals surface area contributed by atoms with Crippen LogP contribution in [0.4, 0.5) is 4.79 Å². The second kappa shape index (κ2) is 6.93.